The molecule has 1 aromatic carbocycles. The van der Waals surface area contributed by atoms with E-state index in [1.807, 2.05) is 0 Å². The van der Waals surface area contributed by atoms with Crippen LogP contribution in [0.25, 0.3) is 16.6 Å². The Labute approximate surface area is 116 Å². The average Bonchev–Trinajstić information content (AvgIpc) is 2.47. The summed E-state index contributed by atoms with van der Waals surface area (Å²) in [5, 5.41) is 11.0. The van der Waals surface area contributed by atoms with Crippen molar-refractivity contribution in [2.75, 3.05) is 0 Å². The Morgan fingerprint density at radius 1 is 1.14 bits per heavy atom. The number of non-ortho nitro benzene ring substituents is 1. The maximum Gasteiger partial charge on any atom is 0.333 e. The molecule has 3 aromatic rings. The molecule has 0 atom stereocenters. The van der Waals surface area contributed by atoms with Crippen LogP contribution < -0.4 is 11.2 Å². The lowest BCUT2D eigenvalue weighted by molar-refractivity contribution is -0.383. The van der Waals surface area contributed by atoms with Crippen LogP contribution in [0.15, 0.2) is 52.3 Å². The molecule has 1 N–H and O–H groups in total. The molecular weight excluding hydrogens is 276 g/mol. The maximum absolute atomic E-state index is 12.4. The normalized spacial score (nSPS) is 10.7. The zero-order valence-electron chi connectivity index (χ0n) is 10.5. The van der Waals surface area contributed by atoms with E-state index in [9.17, 15) is 19.7 Å². The van der Waals surface area contributed by atoms with Crippen LogP contribution >= 0.6 is 0 Å². The first-order chi connectivity index (χ1) is 10.1. The van der Waals surface area contributed by atoms with Gasteiger partial charge < -0.3 is 4.98 Å². The van der Waals surface area contributed by atoms with Crippen molar-refractivity contribution >= 4 is 16.6 Å². The minimum Gasteiger partial charge on any atom is -0.301 e. The highest BCUT2D eigenvalue weighted by Gasteiger charge is 2.17. The second-order valence-corrected chi connectivity index (χ2v) is 4.23. The number of benzene rings is 1. The molecule has 0 radical (unpaired) electrons. The number of hydrogen-bond donors (Lipinski definition) is 1. The van der Waals surface area contributed by atoms with Gasteiger partial charge in [0.05, 0.1) is 16.0 Å². The van der Waals surface area contributed by atoms with Gasteiger partial charge in [-0.1, -0.05) is 6.07 Å². The van der Waals surface area contributed by atoms with Gasteiger partial charge in [-0.25, -0.2) is 9.36 Å². The molecule has 104 valence electrons. The lowest BCUT2D eigenvalue weighted by Crippen LogP contribution is -2.33. The third-order valence-electron chi connectivity index (χ3n) is 3.03. The maximum atomic E-state index is 12.4. The molecule has 0 saturated carbocycles. The van der Waals surface area contributed by atoms with Crippen molar-refractivity contribution < 1.29 is 4.92 Å². The average molecular weight is 284 g/mol. The van der Waals surface area contributed by atoms with Crippen LogP contribution in [0.5, 0.6) is 0 Å². The number of nitrogens with zero attached hydrogens (tertiary/aromatic N) is 3. The monoisotopic (exact) mass is 284 g/mol. The molecule has 8 heteroatoms. The molecule has 0 fully saturated rings. The summed E-state index contributed by atoms with van der Waals surface area (Å²) < 4.78 is 0.910. The van der Waals surface area contributed by atoms with Gasteiger partial charge in [-0.3, -0.25) is 19.9 Å². The molecule has 0 saturated heterocycles. The van der Waals surface area contributed by atoms with E-state index in [0.717, 1.165) is 4.57 Å². The first-order valence-corrected chi connectivity index (χ1v) is 5.92. The van der Waals surface area contributed by atoms with Crippen molar-refractivity contribution in [2.24, 2.45) is 0 Å². The lowest BCUT2D eigenvalue weighted by Gasteiger charge is -2.06. The number of pyridine rings is 1. The van der Waals surface area contributed by atoms with Crippen LogP contribution in [0.3, 0.4) is 0 Å². The smallest absolute Gasteiger partial charge is 0.301 e. The second kappa shape index (κ2) is 4.67. The highest BCUT2D eigenvalue weighted by molar-refractivity contribution is 5.86. The number of rotatable bonds is 2. The Bertz CT molecular complexity index is 959. The van der Waals surface area contributed by atoms with Crippen LogP contribution in [0, 0.1) is 10.1 Å². The molecule has 8 nitrogen and oxygen atoms in total. The Morgan fingerprint density at radius 2 is 1.86 bits per heavy atom. The molecule has 2 aromatic heterocycles. The summed E-state index contributed by atoms with van der Waals surface area (Å²) in [6.07, 6.45) is 2.89. The summed E-state index contributed by atoms with van der Waals surface area (Å²) in [5.74, 6) is 0. The molecule has 0 aliphatic carbocycles. The number of nitro benzene ring substituents is 1. The van der Waals surface area contributed by atoms with Crippen molar-refractivity contribution in [3.63, 3.8) is 0 Å². The minimum atomic E-state index is -0.743. The zero-order chi connectivity index (χ0) is 15.0. The van der Waals surface area contributed by atoms with Crippen LogP contribution in [-0.2, 0) is 0 Å². The Balaban J connectivity index is 2.45. The van der Waals surface area contributed by atoms with Gasteiger partial charge in [0.2, 0.25) is 0 Å². The number of aromatic nitrogens is 3. The highest BCUT2D eigenvalue weighted by atomic mass is 16.6. The number of fused-ring (bicyclic) bond motifs is 1. The summed E-state index contributed by atoms with van der Waals surface area (Å²) in [5.41, 5.74) is -1.42. The summed E-state index contributed by atoms with van der Waals surface area (Å²) >= 11 is 0. The Morgan fingerprint density at radius 3 is 2.52 bits per heavy atom. The van der Waals surface area contributed by atoms with E-state index in [-0.39, 0.29) is 16.6 Å². The molecule has 0 unspecified atom stereocenters. The molecular formula is C13H8N4O4. The molecule has 0 aliphatic heterocycles. The first-order valence-electron chi connectivity index (χ1n) is 5.92. The first kappa shape index (κ1) is 12.7. The molecule has 0 bridgehead atoms. The van der Waals surface area contributed by atoms with Gasteiger partial charge in [0.15, 0.2) is 0 Å². The van der Waals surface area contributed by atoms with Gasteiger partial charge >= 0.3 is 5.69 Å². The quantitative estimate of drug-likeness (QED) is 0.557. The summed E-state index contributed by atoms with van der Waals surface area (Å²) in [4.78, 5) is 41.0. The summed E-state index contributed by atoms with van der Waals surface area (Å²) in [6, 6.07) is 7.06. The van der Waals surface area contributed by atoms with Crippen LogP contribution in [0.4, 0.5) is 5.69 Å². The van der Waals surface area contributed by atoms with Crippen molar-refractivity contribution in [3.05, 3.63) is 73.7 Å². The Hall–Kier alpha value is -3.29. The van der Waals surface area contributed by atoms with Crippen molar-refractivity contribution in [1.82, 2.24) is 14.5 Å². The number of hydrogen-bond acceptors (Lipinski definition) is 5. The number of para-hydroxylation sites is 1. The molecule has 0 aliphatic rings. The molecule has 2 heterocycles. The van der Waals surface area contributed by atoms with E-state index in [4.69, 9.17) is 0 Å². The topological polar surface area (TPSA) is 111 Å². The fraction of sp³-hybridized carbons (Fsp3) is 0. The van der Waals surface area contributed by atoms with E-state index < -0.39 is 16.2 Å². The third-order valence-corrected chi connectivity index (χ3v) is 3.03. The number of aromatic amines is 1. The second-order valence-electron chi connectivity index (χ2n) is 4.23. The van der Waals surface area contributed by atoms with Crippen molar-refractivity contribution in [1.29, 1.82) is 0 Å². The van der Waals surface area contributed by atoms with Gasteiger partial charge in [-0.15, -0.1) is 0 Å². The van der Waals surface area contributed by atoms with Gasteiger partial charge in [-0.2, -0.15) is 0 Å². The Kier molecular flexibility index (Phi) is 2.83. The SMILES string of the molecule is O=c1[nH]c2c([N+](=O)[O-])cccc2c(=O)n1-c1ccncc1. The zero-order valence-corrected chi connectivity index (χ0v) is 10.5. The molecule has 0 amide bonds. The standard InChI is InChI=1S/C13H8N4O4/c18-12-9-2-1-3-10(17(20)21)11(9)15-13(19)16(12)8-4-6-14-7-5-8/h1-7H,(H,15,19). The molecule has 21 heavy (non-hydrogen) atoms. The van der Waals surface area contributed by atoms with E-state index in [2.05, 4.69) is 9.97 Å². The van der Waals surface area contributed by atoms with E-state index in [1.165, 1.54) is 42.7 Å². The summed E-state index contributed by atoms with van der Waals surface area (Å²) in [6.45, 7) is 0. The number of H-pyrrole nitrogens is 1. The predicted molar refractivity (Wildman–Crippen MR) is 74.6 cm³/mol. The predicted octanol–water partition coefficient (Wildman–Crippen LogP) is 0.982. The third kappa shape index (κ3) is 1.98. The van der Waals surface area contributed by atoms with Gasteiger partial charge in [0, 0.05) is 18.5 Å². The van der Waals surface area contributed by atoms with Gasteiger partial charge in [0.25, 0.3) is 11.2 Å². The fourth-order valence-corrected chi connectivity index (χ4v) is 2.11. The van der Waals surface area contributed by atoms with Crippen LogP contribution in [0.2, 0.25) is 0 Å². The van der Waals surface area contributed by atoms with E-state index in [1.54, 1.807) is 0 Å². The highest BCUT2D eigenvalue weighted by Crippen LogP contribution is 2.19. The van der Waals surface area contributed by atoms with Crippen molar-refractivity contribution in [3.8, 4) is 5.69 Å². The van der Waals surface area contributed by atoms with Crippen LogP contribution in [-0.4, -0.2) is 19.5 Å². The minimum absolute atomic E-state index is 0.0700. The van der Waals surface area contributed by atoms with Crippen molar-refractivity contribution in [2.45, 2.75) is 0 Å². The lowest BCUT2D eigenvalue weighted by atomic mass is 10.2. The summed E-state index contributed by atoms with van der Waals surface area (Å²) in [7, 11) is 0. The largest absolute Gasteiger partial charge is 0.333 e. The fourth-order valence-electron chi connectivity index (χ4n) is 2.11. The van der Waals surface area contributed by atoms with Gasteiger partial charge in [0.1, 0.15) is 5.52 Å². The van der Waals surface area contributed by atoms with Crippen LogP contribution in [0.1, 0.15) is 0 Å². The molecule has 0 spiro atoms. The van der Waals surface area contributed by atoms with E-state index >= 15 is 0 Å². The van der Waals surface area contributed by atoms with Gasteiger partial charge in [-0.05, 0) is 18.2 Å². The number of nitro groups is 1. The molecule has 3 rings (SSSR count). The van der Waals surface area contributed by atoms with E-state index in [0.29, 0.717) is 5.69 Å². The number of nitrogens with one attached hydrogen (secondary N) is 1.